The molecule has 0 spiro atoms. The first-order valence-electron chi connectivity index (χ1n) is 6.70. The van der Waals surface area contributed by atoms with Crippen LogP contribution < -0.4 is 5.32 Å². The van der Waals surface area contributed by atoms with Crippen LogP contribution in [0.25, 0.3) is 0 Å². The SMILES string of the molecule is C=CCC1(CC=C)C[CH]CC(CC=C)(CC=C)N1. The van der Waals surface area contributed by atoms with E-state index in [1.807, 2.05) is 24.3 Å². The highest BCUT2D eigenvalue weighted by Gasteiger charge is 2.41. The molecule has 0 bridgehead atoms. The van der Waals surface area contributed by atoms with Crippen LogP contribution in [0.4, 0.5) is 0 Å². The molecule has 0 amide bonds. The minimum absolute atomic E-state index is 0.0772. The zero-order valence-electron chi connectivity index (χ0n) is 11.5. The van der Waals surface area contributed by atoms with Crippen molar-refractivity contribution in [3.63, 3.8) is 0 Å². The molecule has 0 aromatic rings. The van der Waals surface area contributed by atoms with E-state index in [2.05, 4.69) is 38.1 Å². The maximum atomic E-state index is 3.89. The van der Waals surface area contributed by atoms with Crippen LogP contribution in [0.2, 0.25) is 0 Å². The summed E-state index contributed by atoms with van der Waals surface area (Å²) in [5, 5.41) is 3.87. The van der Waals surface area contributed by atoms with Gasteiger partial charge in [0.05, 0.1) is 0 Å². The topological polar surface area (TPSA) is 12.0 Å². The predicted molar refractivity (Wildman–Crippen MR) is 81.4 cm³/mol. The van der Waals surface area contributed by atoms with Crippen LogP contribution in [-0.4, -0.2) is 11.1 Å². The van der Waals surface area contributed by atoms with Gasteiger partial charge in [-0.25, -0.2) is 0 Å². The molecule has 1 saturated heterocycles. The molecule has 1 aliphatic heterocycles. The zero-order chi connectivity index (χ0) is 13.5. The Balaban J connectivity index is 2.93. The number of nitrogens with one attached hydrogen (secondary N) is 1. The molecule has 0 unspecified atom stereocenters. The molecular formula is C17H26N. The van der Waals surface area contributed by atoms with E-state index in [1.165, 1.54) is 0 Å². The summed E-state index contributed by atoms with van der Waals surface area (Å²) in [5.41, 5.74) is 0.154. The van der Waals surface area contributed by atoms with Crippen molar-refractivity contribution in [1.82, 2.24) is 5.32 Å². The van der Waals surface area contributed by atoms with Crippen LogP contribution in [0, 0.1) is 6.42 Å². The largest absolute Gasteiger partial charge is 0.304 e. The van der Waals surface area contributed by atoms with Gasteiger partial charge in [-0.1, -0.05) is 24.3 Å². The highest BCUT2D eigenvalue weighted by Crippen LogP contribution is 2.37. The lowest BCUT2D eigenvalue weighted by molar-refractivity contribution is 0.163. The fourth-order valence-corrected chi connectivity index (χ4v) is 3.10. The molecule has 1 nitrogen and oxygen atoms in total. The van der Waals surface area contributed by atoms with E-state index < -0.39 is 0 Å². The van der Waals surface area contributed by atoms with Crippen molar-refractivity contribution in [3.8, 4) is 0 Å². The van der Waals surface area contributed by atoms with Crippen molar-refractivity contribution in [1.29, 1.82) is 0 Å². The summed E-state index contributed by atoms with van der Waals surface area (Å²) in [6.07, 6.45) is 16.4. The molecule has 1 rings (SSSR count). The molecule has 1 heterocycles. The van der Waals surface area contributed by atoms with Crippen LogP contribution in [0.5, 0.6) is 0 Å². The lowest BCUT2D eigenvalue weighted by Gasteiger charge is -2.49. The molecule has 0 aliphatic carbocycles. The van der Waals surface area contributed by atoms with Gasteiger partial charge < -0.3 is 5.32 Å². The average molecular weight is 244 g/mol. The highest BCUT2D eigenvalue weighted by molar-refractivity contribution is 5.14. The van der Waals surface area contributed by atoms with Crippen LogP contribution in [0.3, 0.4) is 0 Å². The van der Waals surface area contributed by atoms with Crippen molar-refractivity contribution >= 4 is 0 Å². The van der Waals surface area contributed by atoms with E-state index in [9.17, 15) is 0 Å². The van der Waals surface area contributed by atoms with Crippen molar-refractivity contribution in [2.24, 2.45) is 0 Å². The summed E-state index contributed by atoms with van der Waals surface area (Å²) >= 11 is 0. The molecule has 1 radical (unpaired) electrons. The summed E-state index contributed by atoms with van der Waals surface area (Å²) < 4.78 is 0. The first-order valence-corrected chi connectivity index (χ1v) is 6.70. The van der Waals surface area contributed by atoms with Gasteiger partial charge in [-0.05, 0) is 44.9 Å². The van der Waals surface area contributed by atoms with E-state index in [0.29, 0.717) is 0 Å². The van der Waals surface area contributed by atoms with Crippen LogP contribution in [0.1, 0.15) is 38.5 Å². The van der Waals surface area contributed by atoms with Crippen molar-refractivity contribution in [2.75, 3.05) is 0 Å². The fraction of sp³-hybridized carbons (Fsp3) is 0.471. The Hall–Kier alpha value is -1.08. The lowest BCUT2D eigenvalue weighted by Crippen LogP contribution is -2.60. The number of hydrogen-bond donors (Lipinski definition) is 1. The lowest BCUT2D eigenvalue weighted by atomic mass is 9.73. The van der Waals surface area contributed by atoms with Gasteiger partial charge in [0, 0.05) is 11.1 Å². The third-order valence-corrected chi connectivity index (χ3v) is 3.74. The Labute approximate surface area is 112 Å². The normalized spacial score (nSPS) is 20.9. The maximum absolute atomic E-state index is 3.89. The summed E-state index contributed by atoms with van der Waals surface area (Å²) in [5.74, 6) is 0. The summed E-state index contributed by atoms with van der Waals surface area (Å²) in [4.78, 5) is 0. The summed E-state index contributed by atoms with van der Waals surface area (Å²) in [7, 11) is 0. The molecular weight excluding hydrogens is 218 g/mol. The molecule has 0 aromatic heterocycles. The van der Waals surface area contributed by atoms with Crippen LogP contribution in [-0.2, 0) is 0 Å². The standard InChI is InChI=1S/C17H26N/c1-5-10-16(11-6-2)14-9-15-17(18-16,12-7-3)13-8-4/h5-9,18H,1-4,10-15H2. The molecule has 1 aliphatic rings. The first kappa shape index (κ1) is 15.0. The summed E-state index contributed by atoms with van der Waals surface area (Å²) in [6, 6.07) is 0. The van der Waals surface area contributed by atoms with Crippen molar-refractivity contribution in [2.45, 2.75) is 49.6 Å². The molecule has 0 atom stereocenters. The highest BCUT2D eigenvalue weighted by atomic mass is 15.1. The first-order chi connectivity index (χ1) is 8.66. The van der Waals surface area contributed by atoms with Gasteiger partial charge in [-0.3, -0.25) is 0 Å². The molecule has 0 saturated carbocycles. The average Bonchev–Trinajstić information content (AvgIpc) is 2.30. The van der Waals surface area contributed by atoms with Crippen LogP contribution in [0.15, 0.2) is 50.6 Å². The van der Waals surface area contributed by atoms with Gasteiger partial charge in [0.1, 0.15) is 0 Å². The Morgan fingerprint density at radius 3 is 1.39 bits per heavy atom. The Bertz CT molecular complexity index is 264. The molecule has 99 valence electrons. The zero-order valence-corrected chi connectivity index (χ0v) is 11.5. The monoisotopic (exact) mass is 244 g/mol. The number of rotatable bonds is 8. The molecule has 18 heavy (non-hydrogen) atoms. The smallest absolute Gasteiger partial charge is 0.0258 e. The quantitative estimate of drug-likeness (QED) is 0.626. The number of hydrogen-bond acceptors (Lipinski definition) is 1. The van der Waals surface area contributed by atoms with Gasteiger partial charge in [-0.15, -0.1) is 26.3 Å². The fourth-order valence-electron chi connectivity index (χ4n) is 3.10. The van der Waals surface area contributed by atoms with E-state index in [-0.39, 0.29) is 11.1 Å². The minimum atomic E-state index is 0.0772. The molecule has 1 heteroatoms. The van der Waals surface area contributed by atoms with Crippen molar-refractivity contribution in [3.05, 3.63) is 57.0 Å². The second kappa shape index (κ2) is 6.75. The van der Waals surface area contributed by atoms with E-state index in [0.717, 1.165) is 38.5 Å². The Kier molecular flexibility index (Phi) is 5.61. The second-order valence-electron chi connectivity index (χ2n) is 5.35. The van der Waals surface area contributed by atoms with E-state index in [4.69, 9.17) is 0 Å². The molecule has 1 N–H and O–H groups in total. The van der Waals surface area contributed by atoms with Crippen molar-refractivity contribution < 1.29 is 0 Å². The van der Waals surface area contributed by atoms with Gasteiger partial charge in [0.2, 0.25) is 0 Å². The van der Waals surface area contributed by atoms with Crippen LogP contribution >= 0.6 is 0 Å². The Morgan fingerprint density at radius 1 is 0.778 bits per heavy atom. The molecule has 0 aromatic carbocycles. The predicted octanol–water partition coefficient (Wildman–Crippen LogP) is 4.36. The van der Waals surface area contributed by atoms with Gasteiger partial charge >= 0.3 is 0 Å². The van der Waals surface area contributed by atoms with Gasteiger partial charge in [0.15, 0.2) is 0 Å². The third kappa shape index (κ3) is 3.46. The Morgan fingerprint density at radius 2 is 1.11 bits per heavy atom. The molecule has 1 fully saturated rings. The van der Waals surface area contributed by atoms with E-state index >= 15 is 0 Å². The van der Waals surface area contributed by atoms with Gasteiger partial charge in [-0.2, -0.15) is 0 Å². The van der Waals surface area contributed by atoms with Gasteiger partial charge in [0.25, 0.3) is 0 Å². The third-order valence-electron chi connectivity index (χ3n) is 3.74. The maximum Gasteiger partial charge on any atom is 0.0258 e. The van der Waals surface area contributed by atoms with E-state index in [1.54, 1.807) is 0 Å². The number of piperidine rings is 1. The second-order valence-corrected chi connectivity index (χ2v) is 5.35. The minimum Gasteiger partial charge on any atom is -0.304 e. The summed E-state index contributed by atoms with van der Waals surface area (Å²) in [6.45, 7) is 15.6.